The van der Waals surface area contributed by atoms with Gasteiger partial charge in [0.1, 0.15) is 5.71 Å². The standard InChI is InChI=1S/C26H25ClN4O6S/c1-17-7-9-18(10-8-17)23-26(35,19-5-3-2-4-6-19)16-31(29-23)25(28-22(15-32)24(33)34)30-38(36,37)21-13-11-20(27)12-14-21/h2-14,22,32,35H,15-16H2,1H3,(H,28,30)(H,33,34). The second kappa shape index (κ2) is 10.9. The first kappa shape index (κ1) is 27.3. The summed E-state index contributed by atoms with van der Waals surface area (Å²) < 4.78 is 28.6. The number of carboxylic acid groups (broad SMARTS) is 1. The number of aliphatic hydroxyl groups excluding tert-OH is 1. The van der Waals surface area contributed by atoms with Crippen LogP contribution < -0.4 is 4.72 Å². The van der Waals surface area contributed by atoms with Crippen LogP contribution in [-0.4, -0.2) is 65.6 Å². The van der Waals surface area contributed by atoms with Gasteiger partial charge < -0.3 is 15.3 Å². The highest BCUT2D eigenvalue weighted by atomic mass is 35.5. The molecule has 3 aromatic carbocycles. The second-order valence-corrected chi connectivity index (χ2v) is 10.8. The molecule has 0 saturated heterocycles. The number of nitrogens with zero attached hydrogens (tertiary/aromatic N) is 3. The van der Waals surface area contributed by atoms with Gasteiger partial charge in [-0.3, -0.25) is 0 Å². The fourth-order valence-corrected chi connectivity index (χ4v) is 5.00. The van der Waals surface area contributed by atoms with Crippen LogP contribution in [0.4, 0.5) is 0 Å². The SMILES string of the molecule is Cc1ccc(C2=NN(C(=NC(CO)C(=O)O)NS(=O)(=O)c3ccc(Cl)cc3)CC2(O)c2ccccc2)cc1. The third-order valence-corrected chi connectivity index (χ3v) is 7.49. The molecule has 3 aromatic rings. The van der Waals surface area contributed by atoms with Gasteiger partial charge in [-0.1, -0.05) is 71.8 Å². The van der Waals surface area contributed by atoms with Gasteiger partial charge in [0.15, 0.2) is 11.6 Å². The van der Waals surface area contributed by atoms with E-state index in [2.05, 4.69) is 14.8 Å². The first-order chi connectivity index (χ1) is 18.0. The molecule has 4 rings (SSSR count). The van der Waals surface area contributed by atoms with Crippen molar-refractivity contribution in [1.29, 1.82) is 0 Å². The average Bonchev–Trinajstić information content (AvgIpc) is 3.26. The number of nitrogens with one attached hydrogen (secondary N) is 1. The highest BCUT2D eigenvalue weighted by molar-refractivity contribution is 7.90. The maximum atomic E-state index is 13.2. The van der Waals surface area contributed by atoms with E-state index in [0.717, 1.165) is 10.6 Å². The number of hydrazone groups is 1. The lowest BCUT2D eigenvalue weighted by Gasteiger charge is -2.26. The van der Waals surface area contributed by atoms with Gasteiger partial charge in [0.2, 0.25) is 5.96 Å². The molecule has 0 bridgehead atoms. The van der Waals surface area contributed by atoms with Crippen LogP contribution in [0.2, 0.25) is 5.02 Å². The van der Waals surface area contributed by atoms with Gasteiger partial charge in [0.25, 0.3) is 10.0 Å². The lowest BCUT2D eigenvalue weighted by Crippen LogP contribution is -2.46. The fraction of sp³-hybridized carbons (Fsp3) is 0.192. The molecule has 0 amide bonds. The van der Waals surface area contributed by atoms with Gasteiger partial charge in [0.05, 0.1) is 18.0 Å². The van der Waals surface area contributed by atoms with E-state index in [-0.39, 0.29) is 17.2 Å². The van der Waals surface area contributed by atoms with Crippen molar-refractivity contribution in [3.05, 3.63) is 101 Å². The van der Waals surface area contributed by atoms with E-state index in [1.54, 1.807) is 42.5 Å². The van der Waals surface area contributed by atoms with Gasteiger partial charge in [0, 0.05) is 10.6 Å². The Morgan fingerprint density at radius 1 is 1.11 bits per heavy atom. The van der Waals surface area contributed by atoms with Crippen LogP contribution in [0.25, 0.3) is 0 Å². The Morgan fingerprint density at radius 2 is 1.74 bits per heavy atom. The molecule has 198 valence electrons. The molecule has 10 nitrogen and oxygen atoms in total. The van der Waals surface area contributed by atoms with Crippen LogP contribution in [0.3, 0.4) is 0 Å². The molecular formula is C26H25ClN4O6S. The summed E-state index contributed by atoms with van der Waals surface area (Å²) in [6, 6.07) is 19.5. The van der Waals surface area contributed by atoms with Crippen molar-refractivity contribution < 1.29 is 28.5 Å². The number of rotatable bonds is 7. The van der Waals surface area contributed by atoms with Crippen LogP contribution in [0.1, 0.15) is 16.7 Å². The molecule has 0 aliphatic carbocycles. The summed E-state index contributed by atoms with van der Waals surface area (Å²) in [7, 11) is -4.29. The Kier molecular flexibility index (Phi) is 7.83. The molecule has 1 aliphatic rings. The molecule has 0 radical (unpaired) electrons. The monoisotopic (exact) mass is 556 g/mol. The van der Waals surface area contributed by atoms with E-state index in [4.69, 9.17) is 11.6 Å². The number of sulfonamides is 1. The summed E-state index contributed by atoms with van der Waals surface area (Å²) in [4.78, 5) is 15.5. The van der Waals surface area contributed by atoms with E-state index in [1.165, 1.54) is 24.3 Å². The number of aryl methyl sites for hydroxylation is 1. The molecule has 0 spiro atoms. The predicted molar refractivity (Wildman–Crippen MR) is 142 cm³/mol. The summed E-state index contributed by atoms with van der Waals surface area (Å²) in [5.74, 6) is -1.96. The molecule has 0 aromatic heterocycles. The molecule has 1 heterocycles. The minimum Gasteiger partial charge on any atom is -0.480 e. The average molecular weight is 557 g/mol. The largest absolute Gasteiger partial charge is 0.480 e. The maximum Gasteiger partial charge on any atom is 0.330 e. The fourth-order valence-electron chi connectivity index (χ4n) is 3.86. The number of benzene rings is 3. The van der Waals surface area contributed by atoms with Crippen molar-refractivity contribution in [3.63, 3.8) is 0 Å². The number of aliphatic imine (C=N–C) groups is 1. The van der Waals surface area contributed by atoms with Crippen LogP contribution >= 0.6 is 11.6 Å². The zero-order valence-corrected chi connectivity index (χ0v) is 21.8. The minimum absolute atomic E-state index is 0.161. The smallest absolute Gasteiger partial charge is 0.330 e. The number of aliphatic hydroxyl groups is 2. The number of halogens is 1. The summed E-state index contributed by atoms with van der Waals surface area (Å²) in [5, 5.41) is 36.9. The number of guanidine groups is 1. The molecule has 1 aliphatic heterocycles. The molecular weight excluding hydrogens is 532 g/mol. The van der Waals surface area contributed by atoms with Crippen LogP contribution in [0.15, 0.2) is 93.9 Å². The van der Waals surface area contributed by atoms with E-state index < -0.39 is 40.2 Å². The third-order valence-electron chi connectivity index (χ3n) is 5.90. The van der Waals surface area contributed by atoms with E-state index in [1.807, 2.05) is 19.1 Å². The summed E-state index contributed by atoms with van der Waals surface area (Å²) >= 11 is 5.88. The van der Waals surface area contributed by atoms with Crippen molar-refractivity contribution in [2.45, 2.75) is 23.5 Å². The van der Waals surface area contributed by atoms with E-state index in [9.17, 15) is 28.5 Å². The van der Waals surface area contributed by atoms with E-state index in [0.29, 0.717) is 16.1 Å². The van der Waals surface area contributed by atoms with Gasteiger partial charge >= 0.3 is 5.97 Å². The summed E-state index contributed by atoms with van der Waals surface area (Å²) in [6.45, 7) is 0.722. The first-order valence-electron chi connectivity index (χ1n) is 11.4. The normalized spacial score (nSPS) is 18.7. The summed E-state index contributed by atoms with van der Waals surface area (Å²) in [6.07, 6.45) is 0. The predicted octanol–water partition coefficient (Wildman–Crippen LogP) is 2.34. The van der Waals surface area contributed by atoms with Gasteiger partial charge in [-0.05, 0) is 36.8 Å². The molecule has 0 saturated carbocycles. The van der Waals surface area contributed by atoms with E-state index >= 15 is 0 Å². The highest BCUT2D eigenvalue weighted by Crippen LogP contribution is 2.33. The Morgan fingerprint density at radius 3 is 2.32 bits per heavy atom. The Balaban J connectivity index is 1.83. The lowest BCUT2D eigenvalue weighted by atomic mass is 9.86. The number of carbonyl (C=O) groups is 1. The summed E-state index contributed by atoms with van der Waals surface area (Å²) in [5.41, 5.74) is 0.539. The number of β-amino-alcohol motifs (C(OH)–C–C–N with tert-alkyl or cyclic N) is 1. The Hall–Kier alpha value is -3.77. The van der Waals surface area contributed by atoms with Crippen molar-refractivity contribution in [1.82, 2.24) is 9.73 Å². The van der Waals surface area contributed by atoms with Gasteiger partial charge in [-0.15, -0.1) is 0 Å². The maximum absolute atomic E-state index is 13.2. The quantitative estimate of drug-likeness (QED) is 0.257. The molecule has 4 N–H and O–H groups in total. The minimum atomic E-state index is -4.29. The third kappa shape index (κ3) is 5.70. The van der Waals surface area contributed by atoms with Crippen molar-refractivity contribution in [2.24, 2.45) is 10.1 Å². The Labute approximate surface area is 224 Å². The van der Waals surface area contributed by atoms with Gasteiger partial charge in [-0.2, -0.15) is 5.10 Å². The zero-order chi connectivity index (χ0) is 27.5. The second-order valence-electron chi connectivity index (χ2n) is 8.65. The van der Waals surface area contributed by atoms with Crippen molar-refractivity contribution in [3.8, 4) is 0 Å². The number of aliphatic carboxylic acids is 1. The van der Waals surface area contributed by atoms with Crippen LogP contribution in [0.5, 0.6) is 0 Å². The van der Waals surface area contributed by atoms with Crippen molar-refractivity contribution >= 4 is 39.3 Å². The number of hydrogen-bond donors (Lipinski definition) is 4. The topological polar surface area (TPSA) is 152 Å². The lowest BCUT2D eigenvalue weighted by molar-refractivity contribution is -0.139. The number of hydrogen-bond acceptors (Lipinski definition) is 7. The van der Waals surface area contributed by atoms with Crippen LogP contribution in [-0.2, 0) is 20.4 Å². The molecule has 38 heavy (non-hydrogen) atoms. The zero-order valence-electron chi connectivity index (χ0n) is 20.2. The van der Waals surface area contributed by atoms with Gasteiger partial charge in [-0.25, -0.2) is 27.9 Å². The first-order valence-corrected chi connectivity index (χ1v) is 13.3. The molecule has 2 unspecified atom stereocenters. The molecule has 2 atom stereocenters. The number of carboxylic acids is 1. The molecule has 0 fully saturated rings. The Bertz CT molecular complexity index is 1480. The highest BCUT2D eigenvalue weighted by Gasteiger charge is 2.45. The molecule has 12 heteroatoms. The van der Waals surface area contributed by atoms with Crippen LogP contribution in [0, 0.1) is 6.92 Å². The van der Waals surface area contributed by atoms with Crippen molar-refractivity contribution in [2.75, 3.05) is 13.2 Å².